The molecular formula is C23H29BrN2O3Si. The topological polar surface area (TPSA) is 56.5 Å². The Hall–Kier alpha value is -1.67. The van der Waals surface area contributed by atoms with Crippen LogP contribution in [0.4, 0.5) is 0 Å². The van der Waals surface area contributed by atoms with Crippen molar-refractivity contribution in [1.29, 1.82) is 0 Å². The second-order valence-corrected chi connectivity index (χ2v) is 15.7. The Morgan fingerprint density at radius 2 is 1.87 bits per heavy atom. The van der Waals surface area contributed by atoms with E-state index in [0.29, 0.717) is 12.5 Å². The third kappa shape index (κ3) is 4.80. The van der Waals surface area contributed by atoms with Crippen molar-refractivity contribution in [3.8, 4) is 11.5 Å². The molecule has 5 nitrogen and oxygen atoms in total. The molecule has 1 N–H and O–H groups in total. The van der Waals surface area contributed by atoms with Crippen LogP contribution in [0.1, 0.15) is 24.6 Å². The van der Waals surface area contributed by atoms with Gasteiger partial charge in [0.2, 0.25) is 0 Å². The highest BCUT2D eigenvalue weighted by Crippen LogP contribution is 2.42. The van der Waals surface area contributed by atoms with Crippen LogP contribution in [0.15, 0.2) is 46.9 Å². The quantitative estimate of drug-likeness (QED) is 0.305. The van der Waals surface area contributed by atoms with Crippen LogP contribution in [-0.2, 0) is 11.5 Å². The van der Waals surface area contributed by atoms with Crippen molar-refractivity contribution < 1.29 is 14.6 Å². The molecule has 0 atom stereocenters. The number of nitrogens with zero attached hydrogens (tertiary/aromatic N) is 2. The Bertz CT molecular complexity index is 1010. The predicted octanol–water partition coefficient (Wildman–Crippen LogP) is 6.14. The summed E-state index contributed by atoms with van der Waals surface area (Å²) in [5.74, 6) is 2.70. The standard InChI is InChI=1S/C23H29BrN2O3Si/c1-30(2,3)12-11-28-15-26-20-10-9-19(24)22(29-18-7-5-4-6-8-18)21(20)25-23(26)16-13-17(27)14-16/h4-10,16-17,27H,11-15H2,1-3H3. The van der Waals surface area contributed by atoms with Crippen LogP contribution in [0.2, 0.25) is 25.7 Å². The van der Waals surface area contributed by atoms with E-state index in [-0.39, 0.29) is 12.0 Å². The average Bonchev–Trinajstić information content (AvgIpc) is 3.03. The summed E-state index contributed by atoms with van der Waals surface area (Å²) >= 11 is 3.63. The molecule has 1 fully saturated rings. The molecule has 3 aromatic rings. The normalized spacial score (nSPS) is 19.1. The number of fused-ring (bicyclic) bond motifs is 1. The van der Waals surface area contributed by atoms with Crippen LogP contribution in [0.5, 0.6) is 11.5 Å². The van der Waals surface area contributed by atoms with Crippen LogP contribution >= 0.6 is 15.9 Å². The van der Waals surface area contributed by atoms with Crippen LogP contribution in [0.25, 0.3) is 11.0 Å². The molecule has 0 unspecified atom stereocenters. The van der Waals surface area contributed by atoms with Gasteiger partial charge in [-0.1, -0.05) is 37.8 Å². The van der Waals surface area contributed by atoms with Gasteiger partial charge in [0.25, 0.3) is 0 Å². The summed E-state index contributed by atoms with van der Waals surface area (Å²) in [6.45, 7) is 8.29. The Labute approximate surface area is 187 Å². The molecule has 7 heteroatoms. The number of halogens is 1. The number of aliphatic hydroxyl groups is 1. The molecule has 1 saturated carbocycles. The van der Waals surface area contributed by atoms with Gasteiger partial charge in [-0.2, -0.15) is 0 Å². The summed E-state index contributed by atoms with van der Waals surface area (Å²) in [5, 5.41) is 9.85. The van der Waals surface area contributed by atoms with E-state index < -0.39 is 8.07 Å². The lowest BCUT2D eigenvalue weighted by Gasteiger charge is -2.31. The summed E-state index contributed by atoms with van der Waals surface area (Å²) in [5.41, 5.74) is 1.81. The highest BCUT2D eigenvalue weighted by molar-refractivity contribution is 9.10. The van der Waals surface area contributed by atoms with Crippen molar-refractivity contribution in [1.82, 2.24) is 9.55 Å². The van der Waals surface area contributed by atoms with Crippen LogP contribution in [-0.4, -0.2) is 35.4 Å². The maximum atomic E-state index is 9.85. The Morgan fingerprint density at radius 1 is 1.13 bits per heavy atom. The van der Waals surface area contributed by atoms with Crippen molar-refractivity contribution >= 4 is 35.0 Å². The largest absolute Gasteiger partial charge is 0.454 e. The minimum absolute atomic E-state index is 0.233. The molecule has 1 aromatic heterocycles. The predicted molar refractivity (Wildman–Crippen MR) is 126 cm³/mol. The van der Waals surface area contributed by atoms with Gasteiger partial charge in [0.05, 0.1) is 16.1 Å². The minimum Gasteiger partial charge on any atom is -0.454 e. The Kier molecular flexibility index (Phi) is 6.34. The lowest BCUT2D eigenvalue weighted by Crippen LogP contribution is -2.29. The summed E-state index contributed by atoms with van der Waals surface area (Å²) in [6.07, 6.45) is 1.26. The van der Waals surface area contributed by atoms with Gasteiger partial charge in [-0.05, 0) is 59.1 Å². The van der Waals surface area contributed by atoms with E-state index in [1.165, 1.54) is 0 Å². The highest BCUT2D eigenvalue weighted by atomic mass is 79.9. The number of imidazole rings is 1. The lowest BCUT2D eigenvalue weighted by molar-refractivity contribution is 0.0588. The molecule has 1 heterocycles. The molecule has 160 valence electrons. The van der Waals surface area contributed by atoms with Crippen molar-refractivity contribution in [2.24, 2.45) is 0 Å². The zero-order chi connectivity index (χ0) is 21.3. The molecule has 0 bridgehead atoms. The molecule has 1 aliphatic rings. The number of para-hydroxylation sites is 1. The fraction of sp³-hybridized carbons (Fsp3) is 0.435. The van der Waals surface area contributed by atoms with Crippen LogP contribution in [0, 0.1) is 0 Å². The first-order valence-electron chi connectivity index (χ1n) is 10.5. The third-order valence-corrected chi connectivity index (χ3v) is 7.84. The highest BCUT2D eigenvalue weighted by Gasteiger charge is 2.33. The summed E-state index contributed by atoms with van der Waals surface area (Å²) in [7, 11) is -1.14. The number of benzene rings is 2. The average molecular weight is 489 g/mol. The monoisotopic (exact) mass is 488 g/mol. The van der Waals surface area contributed by atoms with Gasteiger partial charge >= 0.3 is 0 Å². The van der Waals surface area contributed by atoms with E-state index in [1.807, 2.05) is 36.4 Å². The molecule has 0 aliphatic heterocycles. The molecule has 0 saturated heterocycles. The SMILES string of the molecule is C[Si](C)(C)CCOCn1c(C2CC(O)C2)nc2c(Oc3ccccc3)c(Br)ccc21. The number of rotatable bonds is 8. The first kappa shape index (κ1) is 21.6. The lowest BCUT2D eigenvalue weighted by atomic mass is 9.82. The van der Waals surface area contributed by atoms with Gasteiger partial charge < -0.3 is 19.1 Å². The van der Waals surface area contributed by atoms with Crippen molar-refractivity contribution in [3.05, 3.63) is 52.8 Å². The molecule has 30 heavy (non-hydrogen) atoms. The number of aromatic nitrogens is 2. The second-order valence-electron chi connectivity index (χ2n) is 9.23. The van der Waals surface area contributed by atoms with Crippen LogP contribution < -0.4 is 4.74 Å². The zero-order valence-electron chi connectivity index (χ0n) is 17.8. The van der Waals surface area contributed by atoms with E-state index in [9.17, 15) is 5.11 Å². The number of ether oxygens (including phenoxy) is 2. The number of aliphatic hydroxyl groups excluding tert-OH is 1. The van der Waals surface area contributed by atoms with Gasteiger partial charge in [-0.3, -0.25) is 0 Å². The van der Waals surface area contributed by atoms with E-state index in [1.54, 1.807) is 0 Å². The minimum atomic E-state index is -1.14. The Morgan fingerprint density at radius 3 is 2.53 bits per heavy atom. The second kappa shape index (κ2) is 8.83. The molecule has 0 amide bonds. The van der Waals surface area contributed by atoms with Crippen molar-refractivity contribution in [3.63, 3.8) is 0 Å². The number of hydrogen-bond donors (Lipinski definition) is 1. The maximum Gasteiger partial charge on any atom is 0.169 e. The fourth-order valence-electron chi connectivity index (χ4n) is 3.64. The van der Waals surface area contributed by atoms with Gasteiger partial charge in [0.1, 0.15) is 23.8 Å². The first-order chi connectivity index (χ1) is 14.3. The van der Waals surface area contributed by atoms with E-state index >= 15 is 0 Å². The molecule has 0 spiro atoms. The third-order valence-electron chi connectivity index (χ3n) is 5.51. The molecule has 1 aliphatic carbocycles. The van der Waals surface area contributed by atoms with Gasteiger partial charge in [-0.15, -0.1) is 0 Å². The van der Waals surface area contributed by atoms with Crippen molar-refractivity contribution in [2.75, 3.05) is 6.61 Å². The fourth-order valence-corrected chi connectivity index (χ4v) is 4.80. The van der Waals surface area contributed by atoms with E-state index in [2.05, 4.69) is 46.2 Å². The first-order valence-corrected chi connectivity index (χ1v) is 15.0. The Balaban J connectivity index is 1.67. The summed E-state index contributed by atoms with van der Waals surface area (Å²) < 4.78 is 15.3. The summed E-state index contributed by atoms with van der Waals surface area (Å²) in [6, 6.07) is 14.9. The molecule has 4 rings (SSSR count). The smallest absolute Gasteiger partial charge is 0.169 e. The van der Waals surface area contributed by atoms with Crippen LogP contribution in [0.3, 0.4) is 0 Å². The zero-order valence-corrected chi connectivity index (χ0v) is 20.4. The molecule has 2 aromatic carbocycles. The molecular weight excluding hydrogens is 460 g/mol. The maximum absolute atomic E-state index is 9.85. The van der Waals surface area contributed by atoms with Crippen molar-refractivity contribution in [2.45, 2.75) is 57.3 Å². The molecule has 0 radical (unpaired) electrons. The van der Waals surface area contributed by atoms with Gasteiger partial charge in [0.15, 0.2) is 5.75 Å². The van der Waals surface area contributed by atoms with Gasteiger partial charge in [0, 0.05) is 20.6 Å². The summed E-state index contributed by atoms with van der Waals surface area (Å²) in [4.78, 5) is 4.98. The number of hydrogen-bond acceptors (Lipinski definition) is 4. The van der Waals surface area contributed by atoms with Gasteiger partial charge in [-0.25, -0.2) is 4.98 Å². The van der Waals surface area contributed by atoms with E-state index in [0.717, 1.165) is 52.6 Å². The van der Waals surface area contributed by atoms with E-state index in [4.69, 9.17) is 14.5 Å².